The average Bonchev–Trinajstić information content (AvgIpc) is 3.43. The summed E-state index contributed by atoms with van der Waals surface area (Å²) in [4.78, 5) is 36.2. The molecular formula is C31H35N7O2. The molecule has 9 heteroatoms. The molecule has 2 atom stereocenters. The highest BCUT2D eigenvalue weighted by atomic mass is 16.2. The number of nitrogens with two attached hydrogens (primary N) is 1. The maximum Gasteiger partial charge on any atom is 0.251 e. The molecule has 3 aromatic rings. The van der Waals surface area contributed by atoms with Crippen LogP contribution in [0.3, 0.4) is 0 Å². The number of carbonyl (C=O) groups excluding carboxylic acids is 2. The number of hydrogen-bond donors (Lipinski definition) is 4. The fraction of sp³-hybridized carbons (Fsp3) is 0.355. The van der Waals surface area contributed by atoms with Gasteiger partial charge in [0.15, 0.2) is 0 Å². The molecule has 2 aromatic carbocycles. The van der Waals surface area contributed by atoms with Crippen LogP contribution in [0, 0.1) is 17.8 Å². The zero-order chi connectivity index (χ0) is 27.9. The summed E-state index contributed by atoms with van der Waals surface area (Å²) in [6, 6.07) is 17.1. The molecular weight excluding hydrogens is 502 g/mol. The standard InChI is InChI=1S/C31H35N7O2/c1-38-18-16-25(17-19-38)34-30(40)22-12-14-24(15-13-22)35-31-33-20-23(11-10-21-6-3-2-4-7-21)29(37-31)36-27-9-5-8-26(27)28(32)39/h2-4,6-7,12-15,20,25-27H,5,8-9,16-19H2,1H3,(H2,32,39)(H,34,40)(H2,33,35,36,37)/t26-,27+/m0/s1. The van der Waals surface area contributed by atoms with Gasteiger partial charge < -0.3 is 26.6 Å². The molecule has 5 N–H and O–H groups in total. The van der Waals surface area contributed by atoms with Crippen molar-refractivity contribution in [3.05, 3.63) is 77.5 Å². The van der Waals surface area contributed by atoms with Gasteiger partial charge in [0, 0.05) is 28.9 Å². The van der Waals surface area contributed by atoms with Crippen molar-refractivity contribution in [2.75, 3.05) is 30.8 Å². The van der Waals surface area contributed by atoms with Crippen LogP contribution in [0.15, 0.2) is 60.8 Å². The number of anilines is 3. The molecule has 2 amide bonds. The van der Waals surface area contributed by atoms with Gasteiger partial charge in [-0.3, -0.25) is 9.59 Å². The van der Waals surface area contributed by atoms with Crippen LogP contribution in [0.4, 0.5) is 17.5 Å². The van der Waals surface area contributed by atoms with Gasteiger partial charge in [0.1, 0.15) is 5.82 Å². The normalized spacial score (nSPS) is 19.3. The first kappa shape index (κ1) is 27.2. The molecule has 1 aliphatic carbocycles. The zero-order valence-corrected chi connectivity index (χ0v) is 22.7. The molecule has 5 rings (SSSR count). The molecule has 2 fully saturated rings. The summed E-state index contributed by atoms with van der Waals surface area (Å²) in [6.07, 6.45) is 6.10. The van der Waals surface area contributed by atoms with Crippen molar-refractivity contribution in [3.8, 4) is 11.8 Å². The summed E-state index contributed by atoms with van der Waals surface area (Å²) < 4.78 is 0. The van der Waals surface area contributed by atoms with Gasteiger partial charge in [-0.2, -0.15) is 4.98 Å². The second kappa shape index (κ2) is 12.6. The highest BCUT2D eigenvalue weighted by molar-refractivity contribution is 5.94. The van der Waals surface area contributed by atoms with Gasteiger partial charge in [-0.25, -0.2) is 4.98 Å². The summed E-state index contributed by atoms with van der Waals surface area (Å²) in [6.45, 7) is 1.98. The van der Waals surface area contributed by atoms with Gasteiger partial charge >= 0.3 is 0 Å². The number of piperidine rings is 1. The molecule has 1 saturated heterocycles. The van der Waals surface area contributed by atoms with Crippen molar-refractivity contribution in [1.29, 1.82) is 0 Å². The van der Waals surface area contributed by atoms with E-state index in [2.05, 4.69) is 44.7 Å². The molecule has 2 heterocycles. The van der Waals surface area contributed by atoms with E-state index in [-0.39, 0.29) is 29.8 Å². The minimum absolute atomic E-state index is 0.0641. The topological polar surface area (TPSA) is 125 Å². The van der Waals surface area contributed by atoms with Crippen LogP contribution in [0.5, 0.6) is 0 Å². The third-order valence-corrected chi connectivity index (χ3v) is 7.56. The van der Waals surface area contributed by atoms with Crippen molar-refractivity contribution in [3.63, 3.8) is 0 Å². The van der Waals surface area contributed by atoms with E-state index >= 15 is 0 Å². The molecule has 9 nitrogen and oxygen atoms in total. The van der Waals surface area contributed by atoms with Gasteiger partial charge in [-0.15, -0.1) is 0 Å². The Balaban J connectivity index is 1.31. The van der Waals surface area contributed by atoms with E-state index in [1.165, 1.54) is 0 Å². The summed E-state index contributed by atoms with van der Waals surface area (Å²) >= 11 is 0. The lowest BCUT2D eigenvalue weighted by Crippen LogP contribution is -2.43. The van der Waals surface area contributed by atoms with Gasteiger partial charge in [0.2, 0.25) is 11.9 Å². The number of hydrogen-bond acceptors (Lipinski definition) is 7. The average molecular weight is 538 g/mol. The Kier molecular flexibility index (Phi) is 8.57. The number of primary amides is 1. The second-order valence-corrected chi connectivity index (χ2v) is 10.5. The Hall–Kier alpha value is -4.42. The van der Waals surface area contributed by atoms with E-state index < -0.39 is 0 Å². The number of likely N-dealkylation sites (tertiary alicyclic amines) is 1. The molecule has 1 aliphatic heterocycles. The highest BCUT2D eigenvalue weighted by Gasteiger charge is 2.32. The quantitative estimate of drug-likeness (QED) is 0.340. The van der Waals surface area contributed by atoms with Crippen LogP contribution in [-0.2, 0) is 4.79 Å². The molecule has 1 saturated carbocycles. The maximum atomic E-state index is 12.7. The minimum atomic E-state index is -0.306. The van der Waals surface area contributed by atoms with Gasteiger partial charge in [0.05, 0.1) is 17.7 Å². The Bertz CT molecular complexity index is 1390. The zero-order valence-electron chi connectivity index (χ0n) is 22.7. The number of benzene rings is 2. The smallest absolute Gasteiger partial charge is 0.251 e. The molecule has 0 radical (unpaired) electrons. The van der Waals surface area contributed by atoms with Crippen LogP contribution in [-0.4, -0.2) is 58.9 Å². The maximum absolute atomic E-state index is 12.7. The number of rotatable bonds is 7. The Labute approximate surface area is 235 Å². The fourth-order valence-corrected chi connectivity index (χ4v) is 5.21. The van der Waals surface area contributed by atoms with Crippen LogP contribution in [0.25, 0.3) is 0 Å². The van der Waals surface area contributed by atoms with Crippen molar-refractivity contribution < 1.29 is 9.59 Å². The van der Waals surface area contributed by atoms with Crippen LogP contribution >= 0.6 is 0 Å². The molecule has 2 aliphatic rings. The van der Waals surface area contributed by atoms with Gasteiger partial charge in [-0.05, 0) is 82.2 Å². The number of nitrogens with one attached hydrogen (secondary N) is 3. The molecule has 0 bridgehead atoms. The SMILES string of the molecule is CN1CCC(NC(=O)c2ccc(Nc3ncc(C#Cc4ccccc4)c(N[C@@H]4CCC[C@@H]4C(N)=O)n3)cc2)CC1. The summed E-state index contributed by atoms with van der Waals surface area (Å²) in [5, 5.41) is 9.78. The fourth-order valence-electron chi connectivity index (χ4n) is 5.21. The van der Waals surface area contributed by atoms with Crippen LogP contribution in [0.1, 0.15) is 53.6 Å². The predicted octanol–water partition coefficient (Wildman–Crippen LogP) is 3.51. The van der Waals surface area contributed by atoms with E-state index in [1.54, 1.807) is 18.3 Å². The van der Waals surface area contributed by atoms with Gasteiger partial charge in [-0.1, -0.05) is 36.5 Å². The first-order valence-corrected chi connectivity index (χ1v) is 13.8. The Morgan fingerprint density at radius 1 is 0.975 bits per heavy atom. The third kappa shape index (κ3) is 6.96. The number of aromatic nitrogens is 2. The number of carbonyl (C=O) groups is 2. The Morgan fingerprint density at radius 3 is 2.45 bits per heavy atom. The summed E-state index contributed by atoms with van der Waals surface area (Å²) in [7, 11) is 2.10. The number of amides is 2. The molecule has 40 heavy (non-hydrogen) atoms. The third-order valence-electron chi connectivity index (χ3n) is 7.56. The summed E-state index contributed by atoms with van der Waals surface area (Å²) in [5.74, 6) is 6.62. The molecule has 1 aromatic heterocycles. The second-order valence-electron chi connectivity index (χ2n) is 10.5. The highest BCUT2D eigenvalue weighted by Crippen LogP contribution is 2.29. The minimum Gasteiger partial charge on any atom is -0.369 e. The Morgan fingerprint density at radius 2 is 1.73 bits per heavy atom. The van der Waals surface area contributed by atoms with Gasteiger partial charge in [0.25, 0.3) is 5.91 Å². The van der Waals surface area contributed by atoms with Crippen molar-refractivity contribution >= 4 is 29.3 Å². The van der Waals surface area contributed by atoms with Crippen molar-refractivity contribution in [2.24, 2.45) is 11.7 Å². The number of nitrogens with zero attached hydrogens (tertiary/aromatic N) is 3. The predicted molar refractivity (Wildman–Crippen MR) is 156 cm³/mol. The van der Waals surface area contributed by atoms with E-state index in [0.717, 1.165) is 56.4 Å². The lowest BCUT2D eigenvalue weighted by Gasteiger charge is -2.29. The van der Waals surface area contributed by atoms with Crippen molar-refractivity contribution in [1.82, 2.24) is 20.2 Å². The lowest BCUT2D eigenvalue weighted by atomic mass is 10.0. The lowest BCUT2D eigenvalue weighted by molar-refractivity contribution is -0.121. The van der Waals surface area contributed by atoms with E-state index in [1.807, 2.05) is 42.5 Å². The molecule has 0 unspecified atom stereocenters. The first-order chi connectivity index (χ1) is 19.4. The van der Waals surface area contributed by atoms with Crippen LogP contribution < -0.4 is 21.7 Å². The van der Waals surface area contributed by atoms with E-state index in [0.29, 0.717) is 22.9 Å². The molecule has 206 valence electrons. The van der Waals surface area contributed by atoms with E-state index in [9.17, 15) is 9.59 Å². The molecule has 0 spiro atoms. The summed E-state index contributed by atoms with van der Waals surface area (Å²) in [5.41, 5.74) is 8.53. The largest absolute Gasteiger partial charge is 0.369 e. The van der Waals surface area contributed by atoms with E-state index in [4.69, 9.17) is 10.7 Å². The van der Waals surface area contributed by atoms with Crippen molar-refractivity contribution in [2.45, 2.75) is 44.2 Å². The first-order valence-electron chi connectivity index (χ1n) is 13.8. The monoisotopic (exact) mass is 537 g/mol. The van der Waals surface area contributed by atoms with Crippen LogP contribution in [0.2, 0.25) is 0 Å².